The molecule has 122 valence electrons. The molecule has 0 radical (unpaired) electrons. The molecule has 2 N–H and O–H groups in total. The molecule has 2 aromatic carbocycles. The normalized spacial score (nSPS) is 11.3. The van der Waals surface area contributed by atoms with Gasteiger partial charge in [0.1, 0.15) is 5.82 Å². The van der Waals surface area contributed by atoms with E-state index in [1.165, 1.54) is 43.5 Å². The summed E-state index contributed by atoms with van der Waals surface area (Å²) in [6.45, 7) is 0. The Balaban J connectivity index is 2.17. The van der Waals surface area contributed by atoms with Gasteiger partial charge in [-0.25, -0.2) is 12.8 Å². The smallest absolute Gasteiger partial charge is 0.262 e. The summed E-state index contributed by atoms with van der Waals surface area (Å²) >= 11 is 3.12. The fraction of sp³-hybridized carbons (Fsp3) is 0.0714. The molecule has 0 bridgehead atoms. The molecule has 0 spiro atoms. The van der Waals surface area contributed by atoms with E-state index in [2.05, 4.69) is 26.1 Å². The Hall–Kier alpha value is -1.81. The van der Waals surface area contributed by atoms with Crippen molar-refractivity contribution in [2.75, 3.05) is 12.4 Å². The second kappa shape index (κ2) is 7.18. The van der Waals surface area contributed by atoms with Crippen molar-refractivity contribution in [3.8, 4) is 0 Å². The summed E-state index contributed by atoms with van der Waals surface area (Å²) in [7, 11) is -2.62. The molecule has 6 nitrogen and oxygen atoms in total. The molecule has 0 aliphatic rings. The van der Waals surface area contributed by atoms with Gasteiger partial charge in [-0.2, -0.15) is 0 Å². The van der Waals surface area contributed by atoms with Crippen molar-refractivity contribution >= 4 is 37.5 Å². The van der Waals surface area contributed by atoms with E-state index in [1.807, 2.05) is 4.89 Å². The average molecular weight is 403 g/mol. The van der Waals surface area contributed by atoms with E-state index in [1.54, 1.807) is 6.07 Å². The molecule has 0 saturated carbocycles. The van der Waals surface area contributed by atoms with Crippen LogP contribution in [0.1, 0.15) is 10.4 Å². The highest BCUT2D eigenvalue weighted by Gasteiger charge is 2.15. The van der Waals surface area contributed by atoms with Crippen LogP contribution in [0.15, 0.2) is 51.8 Å². The number of anilines is 1. The molecule has 0 fully saturated rings. The predicted octanol–water partition coefficient (Wildman–Crippen LogP) is 2.68. The maximum absolute atomic E-state index is 13.7. The zero-order valence-electron chi connectivity index (χ0n) is 11.8. The van der Waals surface area contributed by atoms with Crippen LogP contribution in [0, 0.1) is 5.82 Å². The summed E-state index contributed by atoms with van der Waals surface area (Å²) in [5.74, 6) is -1.15. The monoisotopic (exact) mass is 402 g/mol. The number of benzene rings is 2. The third-order valence-electron chi connectivity index (χ3n) is 2.80. The van der Waals surface area contributed by atoms with Gasteiger partial charge in [-0.1, -0.05) is 20.8 Å². The molecular weight excluding hydrogens is 391 g/mol. The Morgan fingerprint density at radius 1 is 1.17 bits per heavy atom. The van der Waals surface area contributed by atoms with E-state index < -0.39 is 21.7 Å². The van der Waals surface area contributed by atoms with Gasteiger partial charge >= 0.3 is 0 Å². The van der Waals surface area contributed by atoms with E-state index in [0.717, 1.165) is 0 Å². The highest BCUT2D eigenvalue weighted by Crippen LogP contribution is 2.20. The van der Waals surface area contributed by atoms with E-state index in [9.17, 15) is 17.6 Å². The van der Waals surface area contributed by atoms with Crippen LogP contribution in [0.4, 0.5) is 10.1 Å². The molecule has 0 unspecified atom stereocenters. The summed E-state index contributed by atoms with van der Waals surface area (Å²) in [4.78, 5) is 18.2. The van der Waals surface area contributed by atoms with E-state index in [4.69, 9.17) is 0 Å². The number of carbonyl (C=O) groups excluding carboxylic acids is 1. The first-order valence-corrected chi connectivity index (χ1v) is 8.52. The van der Waals surface area contributed by atoms with Crippen LogP contribution in [-0.4, -0.2) is 21.4 Å². The highest BCUT2D eigenvalue weighted by atomic mass is 79.9. The Kier molecular flexibility index (Phi) is 5.47. The molecule has 0 aliphatic carbocycles. The zero-order valence-corrected chi connectivity index (χ0v) is 14.2. The highest BCUT2D eigenvalue weighted by molar-refractivity contribution is 9.10. The SMILES string of the molecule is CONS(=O)(=O)c1ccc(C(=O)Nc2ccc(Br)cc2F)cc1. The van der Waals surface area contributed by atoms with Crippen LogP contribution in [-0.2, 0) is 14.9 Å². The molecule has 1 amide bonds. The van der Waals surface area contributed by atoms with Gasteiger partial charge in [-0.3, -0.25) is 9.63 Å². The quantitative estimate of drug-likeness (QED) is 0.752. The van der Waals surface area contributed by atoms with Crippen LogP contribution < -0.4 is 10.2 Å². The number of carbonyl (C=O) groups is 1. The lowest BCUT2D eigenvalue weighted by Crippen LogP contribution is -2.22. The number of amides is 1. The Morgan fingerprint density at radius 3 is 2.39 bits per heavy atom. The number of nitrogens with one attached hydrogen (secondary N) is 2. The topological polar surface area (TPSA) is 84.5 Å². The molecule has 2 aromatic rings. The number of hydrogen-bond acceptors (Lipinski definition) is 4. The first-order chi connectivity index (χ1) is 10.8. The standard InChI is InChI=1S/C14H12BrFN2O4S/c1-22-18-23(20,21)11-5-2-9(3-6-11)14(19)17-13-7-4-10(15)8-12(13)16/h2-8,18H,1H3,(H,17,19). The Labute approximate surface area is 140 Å². The van der Waals surface area contributed by atoms with Crippen molar-refractivity contribution < 1.29 is 22.4 Å². The third-order valence-corrected chi connectivity index (χ3v) is 4.57. The van der Waals surface area contributed by atoms with E-state index in [-0.39, 0.29) is 16.1 Å². The lowest BCUT2D eigenvalue weighted by molar-refractivity contribution is 0.102. The molecular formula is C14H12BrFN2O4S. The van der Waals surface area contributed by atoms with Crippen molar-refractivity contribution in [1.29, 1.82) is 0 Å². The van der Waals surface area contributed by atoms with Crippen molar-refractivity contribution in [2.45, 2.75) is 4.90 Å². The minimum absolute atomic E-state index is 0.0240. The van der Waals surface area contributed by atoms with Gasteiger partial charge in [0.05, 0.1) is 17.7 Å². The molecule has 0 atom stereocenters. The summed E-state index contributed by atoms with van der Waals surface area (Å²) in [6.07, 6.45) is 0. The van der Waals surface area contributed by atoms with E-state index in [0.29, 0.717) is 4.47 Å². The molecule has 9 heteroatoms. The lowest BCUT2D eigenvalue weighted by atomic mass is 10.2. The van der Waals surface area contributed by atoms with E-state index >= 15 is 0 Å². The number of halogens is 2. The van der Waals surface area contributed by atoms with Gasteiger partial charge in [0.2, 0.25) is 0 Å². The van der Waals surface area contributed by atoms with Gasteiger partial charge in [0, 0.05) is 10.0 Å². The van der Waals surface area contributed by atoms with Gasteiger partial charge in [0.15, 0.2) is 0 Å². The maximum Gasteiger partial charge on any atom is 0.262 e. The zero-order chi connectivity index (χ0) is 17.0. The maximum atomic E-state index is 13.7. The Morgan fingerprint density at radius 2 is 1.83 bits per heavy atom. The van der Waals surface area contributed by atoms with Gasteiger partial charge in [-0.05, 0) is 42.5 Å². The summed E-state index contributed by atoms with van der Waals surface area (Å²) in [5.41, 5.74) is 0.208. The van der Waals surface area contributed by atoms with Crippen molar-refractivity contribution in [1.82, 2.24) is 4.89 Å². The average Bonchev–Trinajstić information content (AvgIpc) is 2.50. The summed E-state index contributed by atoms with van der Waals surface area (Å²) in [5, 5.41) is 2.41. The minimum atomic E-state index is -3.79. The minimum Gasteiger partial charge on any atom is -0.319 e. The van der Waals surface area contributed by atoms with Crippen molar-refractivity contribution in [3.05, 3.63) is 58.3 Å². The van der Waals surface area contributed by atoms with Crippen LogP contribution in [0.25, 0.3) is 0 Å². The second-order valence-corrected chi connectivity index (χ2v) is 6.95. The first kappa shape index (κ1) is 17.5. The fourth-order valence-corrected chi connectivity index (χ4v) is 2.87. The van der Waals surface area contributed by atoms with Crippen LogP contribution in [0.5, 0.6) is 0 Å². The molecule has 2 rings (SSSR count). The summed E-state index contributed by atoms with van der Waals surface area (Å²) < 4.78 is 37.6. The Bertz CT molecular complexity index is 825. The van der Waals surface area contributed by atoms with Crippen molar-refractivity contribution in [2.24, 2.45) is 0 Å². The first-order valence-electron chi connectivity index (χ1n) is 6.25. The van der Waals surface area contributed by atoms with Crippen molar-refractivity contribution in [3.63, 3.8) is 0 Å². The third kappa shape index (κ3) is 4.35. The molecule has 0 aliphatic heterocycles. The fourth-order valence-electron chi connectivity index (χ4n) is 1.73. The predicted molar refractivity (Wildman–Crippen MR) is 85.8 cm³/mol. The van der Waals surface area contributed by atoms with Gasteiger partial charge < -0.3 is 5.32 Å². The largest absolute Gasteiger partial charge is 0.319 e. The molecule has 0 heterocycles. The van der Waals surface area contributed by atoms with Gasteiger partial charge in [-0.15, -0.1) is 0 Å². The lowest BCUT2D eigenvalue weighted by Gasteiger charge is -2.08. The number of hydrogen-bond donors (Lipinski definition) is 2. The van der Waals surface area contributed by atoms with Crippen LogP contribution in [0.2, 0.25) is 0 Å². The number of rotatable bonds is 5. The summed E-state index contributed by atoms with van der Waals surface area (Å²) in [6, 6.07) is 9.35. The number of sulfonamides is 1. The molecule has 0 saturated heterocycles. The van der Waals surface area contributed by atoms with Crippen LogP contribution in [0.3, 0.4) is 0 Å². The van der Waals surface area contributed by atoms with Gasteiger partial charge in [0.25, 0.3) is 15.9 Å². The second-order valence-electron chi connectivity index (χ2n) is 4.39. The molecule has 0 aromatic heterocycles. The van der Waals surface area contributed by atoms with Crippen LogP contribution >= 0.6 is 15.9 Å². The molecule has 23 heavy (non-hydrogen) atoms.